The van der Waals surface area contributed by atoms with Gasteiger partial charge >= 0.3 is 0 Å². The van der Waals surface area contributed by atoms with E-state index in [0.717, 1.165) is 16.7 Å². The van der Waals surface area contributed by atoms with E-state index in [4.69, 9.17) is 9.47 Å². The molecule has 3 nitrogen and oxygen atoms in total. The highest BCUT2D eigenvalue weighted by Crippen LogP contribution is 2.47. The van der Waals surface area contributed by atoms with Crippen LogP contribution in [0.25, 0.3) is 6.08 Å². The third kappa shape index (κ3) is 2.42. The van der Waals surface area contributed by atoms with Crippen LogP contribution in [0.2, 0.25) is 0 Å². The fraction of sp³-hybridized carbons (Fsp3) is 0.250. The highest BCUT2D eigenvalue weighted by atomic mass is 16.5. The lowest BCUT2D eigenvalue weighted by Crippen LogP contribution is -2.17. The fourth-order valence-electron chi connectivity index (χ4n) is 3.12. The molecule has 118 valence electrons. The minimum atomic E-state index is -0.373. The molecule has 0 radical (unpaired) electrons. The van der Waals surface area contributed by atoms with Crippen LogP contribution >= 0.6 is 0 Å². The first kappa shape index (κ1) is 15.3. The van der Waals surface area contributed by atoms with Crippen molar-refractivity contribution >= 4 is 11.9 Å². The summed E-state index contributed by atoms with van der Waals surface area (Å²) in [5.74, 6) is 1.28. The molecule has 3 rings (SSSR count). The molecular weight excluding hydrogens is 288 g/mol. The molecule has 0 fully saturated rings. The normalized spacial score (nSPS) is 17.2. The number of methoxy groups -OCH3 is 2. The van der Waals surface area contributed by atoms with Crippen molar-refractivity contribution in [2.45, 2.75) is 19.3 Å². The van der Waals surface area contributed by atoms with Gasteiger partial charge in [0.05, 0.1) is 14.2 Å². The van der Waals surface area contributed by atoms with Gasteiger partial charge in [-0.15, -0.1) is 0 Å². The van der Waals surface area contributed by atoms with E-state index in [1.54, 1.807) is 20.3 Å². The largest absolute Gasteiger partial charge is 0.493 e. The Balaban J connectivity index is 2.17. The quantitative estimate of drug-likeness (QED) is 0.795. The summed E-state index contributed by atoms with van der Waals surface area (Å²) >= 11 is 0. The number of allylic oxidation sites excluding steroid dienone is 1. The molecule has 0 bridgehead atoms. The number of carbonyl (C=O) groups excluding carboxylic acids is 1. The van der Waals surface area contributed by atoms with Gasteiger partial charge in [0.2, 0.25) is 0 Å². The molecule has 0 aromatic heterocycles. The SMILES string of the molecule is COc1cc2c(cc1OC)C(C)(C)/C(=C/c1ccccc1)C2=O. The molecule has 0 saturated heterocycles. The van der Waals surface area contributed by atoms with Crippen molar-refractivity contribution in [1.82, 2.24) is 0 Å². The monoisotopic (exact) mass is 308 g/mol. The lowest BCUT2D eigenvalue weighted by Gasteiger charge is -2.21. The van der Waals surface area contributed by atoms with Gasteiger partial charge in [-0.05, 0) is 29.3 Å². The predicted octanol–water partition coefficient (Wildman–Crippen LogP) is 4.26. The maximum absolute atomic E-state index is 12.9. The van der Waals surface area contributed by atoms with E-state index in [9.17, 15) is 4.79 Å². The van der Waals surface area contributed by atoms with E-state index in [0.29, 0.717) is 17.1 Å². The molecular formula is C20H20O3. The van der Waals surface area contributed by atoms with Crippen molar-refractivity contribution in [3.05, 3.63) is 64.7 Å². The van der Waals surface area contributed by atoms with Gasteiger partial charge < -0.3 is 9.47 Å². The average molecular weight is 308 g/mol. The summed E-state index contributed by atoms with van der Waals surface area (Å²) in [5, 5.41) is 0. The molecule has 0 unspecified atom stereocenters. The average Bonchev–Trinajstić information content (AvgIpc) is 2.75. The summed E-state index contributed by atoms with van der Waals surface area (Å²) in [5.41, 5.74) is 3.10. The Morgan fingerprint density at radius 2 is 1.57 bits per heavy atom. The smallest absolute Gasteiger partial charge is 0.190 e. The van der Waals surface area contributed by atoms with Crippen molar-refractivity contribution in [2.24, 2.45) is 0 Å². The van der Waals surface area contributed by atoms with Crippen molar-refractivity contribution in [1.29, 1.82) is 0 Å². The van der Waals surface area contributed by atoms with E-state index in [2.05, 4.69) is 13.8 Å². The minimum absolute atomic E-state index is 0.0507. The number of carbonyl (C=O) groups is 1. The number of Topliss-reactive ketones (excluding diaryl/α,β-unsaturated/α-hetero) is 1. The summed E-state index contributed by atoms with van der Waals surface area (Å²) in [6.45, 7) is 4.13. The van der Waals surface area contributed by atoms with Crippen LogP contribution in [0.4, 0.5) is 0 Å². The Morgan fingerprint density at radius 1 is 0.957 bits per heavy atom. The van der Waals surface area contributed by atoms with E-state index in [1.807, 2.05) is 42.5 Å². The Morgan fingerprint density at radius 3 is 2.17 bits per heavy atom. The number of hydrogen-bond acceptors (Lipinski definition) is 3. The second-order valence-electron chi connectivity index (χ2n) is 6.18. The summed E-state index contributed by atoms with van der Waals surface area (Å²) in [6, 6.07) is 13.6. The molecule has 0 aliphatic heterocycles. The molecule has 2 aromatic rings. The molecule has 0 N–H and O–H groups in total. The number of rotatable bonds is 3. The summed E-state index contributed by atoms with van der Waals surface area (Å²) < 4.78 is 10.7. The summed E-state index contributed by atoms with van der Waals surface area (Å²) in [4.78, 5) is 12.9. The Labute approximate surface area is 136 Å². The first-order valence-electron chi connectivity index (χ1n) is 7.57. The molecule has 0 atom stereocenters. The zero-order valence-electron chi connectivity index (χ0n) is 13.8. The molecule has 0 heterocycles. The first-order valence-corrected chi connectivity index (χ1v) is 7.57. The Kier molecular flexibility index (Phi) is 3.72. The van der Waals surface area contributed by atoms with Crippen LogP contribution in [0.5, 0.6) is 11.5 Å². The lowest BCUT2D eigenvalue weighted by molar-refractivity contribution is 0.103. The highest BCUT2D eigenvalue weighted by molar-refractivity contribution is 6.18. The molecule has 0 saturated carbocycles. The second-order valence-corrected chi connectivity index (χ2v) is 6.18. The van der Waals surface area contributed by atoms with Crippen molar-refractivity contribution in [2.75, 3.05) is 14.2 Å². The van der Waals surface area contributed by atoms with Gasteiger partial charge in [-0.2, -0.15) is 0 Å². The third-order valence-corrected chi connectivity index (χ3v) is 4.47. The lowest BCUT2D eigenvalue weighted by atomic mass is 9.82. The van der Waals surface area contributed by atoms with Gasteiger partial charge in [-0.25, -0.2) is 0 Å². The fourth-order valence-corrected chi connectivity index (χ4v) is 3.12. The van der Waals surface area contributed by atoms with Crippen molar-refractivity contribution in [3.8, 4) is 11.5 Å². The van der Waals surface area contributed by atoms with Crippen molar-refractivity contribution in [3.63, 3.8) is 0 Å². The van der Waals surface area contributed by atoms with Gasteiger partial charge in [0.1, 0.15) is 0 Å². The van der Waals surface area contributed by atoms with Gasteiger partial charge in [-0.3, -0.25) is 4.79 Å². The van der Waals surface area contributed by atoms with Gasteiger partial charge in [0.15, 0.2) is 17.3 Å². The van der Waals surface area contributed by atoms with Crippen LogP contribution in [0.15, 0.2) is 48.0 Å². The van der Waals surface area contributed by atoms with E-state index < -0.39 is 0 Å². The topological polar surface area (TPSA) is 35.5 Å². The Bertz CT molecular complexity index is 786. The zero-order chi connectivity index (χ0) is 16.6. The van der Waals surface area contributed by atoms with Crippen LogP contribution in [-0.2, 0) is 5.41 Å². The van der Waals surface area contributed by atoms with Crippen LogP contribution in [0, 0.1) is 0 Å². The summed E-state index contributed by atoms with van der Waals surface area (Å²) in [7, 11) is 3.18. The highest BCUT2D eigenvalue weighted by Gasteiger charge is 2.41. The zero-order valence-corrected chi connectivity index (χ0v) is 13.8. The van der Waals surface area contributed by atoms with Gasteiger partial charge in [0, 0.05) is 16.6 Å². The molecule has 2 aromatic carbocycles. The molecule has 0 spiro atoms. The number of ketones is 1. The number of ether oxygens (including phenoxy) is 2. The number of fused-ring (bicyclic) bond motifs is 1. The number of hydrogen-bond donors (Lipinski definition) is 0. The minimum Gasteiger partial charge on any atom is -0.493 e. The van der Waals surface area contributed by atoms with E-state index in [1.165, 1.54) is 0 Å². The second kappa shape index (κ2) is 5.58. The standard InChI is InChI=1S/C20H20O3/c1-20(2)15-12-18(23-4)17(22-3)11-14(15)19(21)16(20)10-13-8-6-5-7-9-13/h5-12H,1-4H3/b16-10+. The van der Waals surface area contributed by atoms with Gasteiger partial charge in [-0.1, -0.05) is 44.2 Å². The molecule has 0 amide bonds. The van der Waals surface area contributed by atoms with Gasteiger partial charge in [0.25, 0.3) is 0 Å². The van der Waals surface area contributed by atoms with E-state index >= 15 is 0 Å². The first-order chi connectivity index (χ1) is 11.0. The third-order valence-electron chi connectivity index (χ3n) is 4.47. The van der Waals surface area contributed by atoms with Crippen molar-refractivity contribution < 1.29 is 14.3 Å². The van der Waals surface area contributed by atoms with Crippen LogP contribution in [-0.4, -0.2) is 20.0 Å². The maximum atomic E-state index is 12.9. The van der Waals surface area contributed by atoms with Crippen LogP contribution in [0.1, 0.15) is 35.3 Å². The van der Waals surface area contributed by atoms with E-state index in [-0.39, 0.29) is 11.2 Å². The molecule has 1 aliphatic rings. The molecule has 1 aliphatic carbocycles. The molecule has 23 heavy (non-hydrogen) atoms. The maximum Gasteiger partial charge on any atom is 0.190 e. The molecule has 3 heteroatoms. The summed E-state index contributed by atoms with van der Waals surface area (Å²) in [6.07, 6.45) is 1.97. The van der Waals surface area contributed by atoms with Crippen LogP contribution < -0.4 is 9.47 Å². The predicted molar refractivity (Wildman–Crippen MR) is 91.3 cm³/mol. The Hall–Kier alpha value is -2.55. The number of benzene rings is 2. The van der Waals surface area contributed by atoms with Crippen LogP contribution in [0.3, 0.4) is 0 Å².